The molecule has 0 aliphatic rings. The molecule has 22 heavy (non-hydrogen) atoms. The predicted molar refractivity (Wildman–Crippen MR) is 99.2 cm³/mol. The summed E-state index contributed by atoms with van der Waals surface area (Å²) in [5.74, 6) is 0.354. The molecule has 0 aromatic heterocycles. The summed E-state index contributed by atoms with van der Waals surface area (Å²) in [5.41, 5.74) is 8.85. The molecule has 2 aromatic rings. The van der Waals surface area contributed by atoms with Crippen LogP contribution in [0, 0.1) is 0 Å². The maximum absolute atomic E-state index is 6.12. The quantitative estimate of drug-likeness (QED) is 0.615. The Morgan fingerprint density at radius 3 is 2.55 bits per heavy atom. The lowest BCUT2D eigenvalue weighted by Crippen LogP contribution is -2.33. The van der Waals surface area contributed by atoms with Gasteiger partial charge in [0.25, 0.3) is 0 Å². The van der Waals surface area contributed by atoms with Gasteiger partial charge in [0.05, 0.1) is 15.7 Å². The first-order chi connectivity index (χ1) is 10.0. The lowest BCUT2D eigenvalue weighted by atomic mass is 10.1. The maximum Gasteiger partial charge on any atom is 0.200 e. The molecule has 0 atom stereocenters. The van der Waals surface area contributed by atoms with Gasteiger partial charge in [-0.3, -0.25) is 0 Å². The van der Waals surface area contributed by atoms with E-state index in [1.54, 1.807) is 18.2 Å². The fraction of sp³-hybridized carbons (Fsp3) is 0.188. The van der Waals surface area contributed by atoms with E-state index in [1.807, 2.05) is 24.1 Å². The molecule has 3 nitrogen and oxygen atoms in total. The fourth-order valence-corrected chi connectivity index (χ4v) is 2.23. The Hall–Kier alpha value is -1.42. The summed E-state index contributed by atoms with van der Waals surface area (Å²) >= 11 is 12.1. The van der Waals surface area contributed by atoms with Gasteiger partial charge in [-0.05, 0) is 36.2 Å². The molecule has 0 saturated heterocycles. The van der Waals surface area contributed by atoms with E-state index in [1.165, 1.54) is 5.56 Å². The van der Waals surface area contributed by atoms with E-state index in [0.717, 1.165) is 12.1 Å². The zero-order valence-corrected chi connectivity index (χ0v) is 14.7. The Kier molecular flexibility index (Phi) is 7.01. The van der Waals surface area contributed by atoms with Crippen molar-refractivity contribution in [1.82, 2.24) is 0 Å². The number of benzene rings is 2. The molecule has 0 bridgehead atoms. The van der Waals surface area contributed by atoms with Gasteiger partial charge in [0.2, 0.25) is 5.96 Å². The van der Waals surface area contributed by atoms with Gasteiger partial charge >= 0.3 is 0 Å². The van der Waals surface area contributed by atoms with Crippen LogP contribution in [0.5, 0.6) is 0 Å². The van der Waals surface area contributed by atoms with E-state index in [9.17, 15) is 0 Å². The zero-order chi connectivity index (χ0) is 15.4. The number of hydrogen-bond acceptors (Lipinski definition) is 1. The summed E-state index contributed by atoms with van der Waals surface area (Å²) in [6, 6.07) is 13.4. The molecule has 0 amide bonds. The summed E-state index contributed by atoms with van der Waals surface area (Å²) in [4.78, 5) is 6.17. The van der Waals surface area contributed by atoms with Crippen molar-refractivity contribution in [2.75, 3.05) is 11.9 Å². The molecule has 0 spiro atoms. The number of halogens is 3. The van der Waals surface area contributed by atoms with Crippen LogP contribution < -0.4 is 10.6 Å². The van der Waals surface area contributed by atoms with E-state index < -0.39 is 0 Å². The molecule has 0 aliphatic heterocycles. The Morgan fingerprint density at radius 2 is 1.86 bits per heavy atom. The monoisotopic (exact) mass is 357 g/mol. The molecule has 118 valence electrons. The van der Waals surface area contributed by atoms with E-state index in [4.69, 9.17) is 28.9 Å². The topological polar surface area (TPSA) is 41.6 Å². The van der Waals surface area contributed by atoms with E-state index in [0.29, 0.717) is 21.7 Å². The second kappa shape index (κ2) is 8.28. The third-order valence-corrected chi connectivity index (χ3v) is 4.02. The summed E-state index contributed by atoms with van der Waals surface area (Å²) in [6.45, 7) is 2.11. The molecule has 0 heterocycles. The van der Waals surface area contributed by atoms with Crippen molar-refractivity contribution in [2.24, 2.45) is 10.7 Å². The van der Waals surface area contributed by atoms with Crippen molar-refractivity contribution >= 4 is 52.9 Å². The van der Waals surface area contributed by atoms with E-state index >= 15 is 0 Å². The first-order valence-corrected chi connectivity index (χ1v) is 7.39. The SMILES string of the molecule is CCc1cccc(N(C)C(N)=Nc2cccc(Cl)c2Cl)c1.Cl. The van der Waals surface area contributed by atoms with Crippen molar-refractivity contribution in [3.05, 3.63) is 58.1 Å². The van der Waals surface area contributed by atoms with Crippen LogP contribution in [0.3, 0.4) is 0 Å². The van der Waals surface area contributed by atoms with Gasteiger partial charge in [0.15, 0.2) is 0 Å². The van der Waals surface area contributed by atoms with Crippen molar-refractivity contribution < 1.29 is 0 Å². The zero-order valence-electron chi connectivity index (χ0n) is 12.4. The third-order valence-electron chi connectivity index (χ3n) is 3.22. The summed E-state index contributed by atoms with van der Waals surface area (Å²) in [5, 5.41) is 0.860. The van der Waals surface area contributed by atoms with Gasteiger partial charge in [0, 0.05) is 12.7 Å². The fourth-order valence-electron chi connectivity index (χ4n) is 1.89. The van der Waals surface area contributed by atoms with Gasteiger partial charge in [-0.15, -0.1) is 12.4 Å². The minimum atomic E-state index is 0. The lowest BCUT2D eigenvalue weighted by Gasteiger charge is -2.19. The van der Waals surface area contributed by atoms with Crippen LogP contribution in [0.4, 0.5) is 11.4 Å². The number of aryl methyl sites for hydroxylation is 1. The second-order valence-electron chi connectivity index (χ2n) is 4.63. The van der Waals surface area contributed by atoms with Crippen LogP contribution in [0.1, 0.15) is 12.5 Å². The summed E-state index contributed by atoms with van der Waals surface area (Å²) < 4.78 is 0. The highest BCUT2D eigenvalue weighted by Crippen LogP contribution is 2.31. The minimum Gasteiger partial charge on any atom is -0.369 e. The maximum atomic E-state index is 6.12. The van der Waals surface area contributed by atoms with Gasteiger partial charge in [-0.1, -0.05) is 48.3 Å². The van der Waals surface area contributed by atoms with Gasteiger partial charge < -0.3 is 10.6 Å². The first-order valence-electron chi connectivity index (χ1n) is 6.63. The Balaban J connectivity index is 0.00000242. The van der Waals surface area contributed by atoms with Crippen LogP contribution in [0.25, 0.3) is 0 Å². The normalized spacial score (nSPS) is 11.0. The summed E-state index contributed by atoms with van der Waals surface area (Å²) in [7, 11) is 1.87. The number of nitrogens with zero attached hydrogens (tertiary/aromatic N) is 2. The minimum absolute atomic E-state index is 0. The number of anilines is 1. The number of nitrogens with two attached hydrogens (primary N) is 1. The van der Waals surface area contributed by atoms with Crippen LogP contribution in [-0.4, -0.2) is 13.0 Å². The average Bonchev–Trinajstić information content (AvgIpc) is 2.51. The Bertz CT molecular complexity index is 671. The molecule has 2 aromatic carbocycles. The second-order valence-corrected chi connectivity index (χ2v) is 5.41. The Morgan fingerprint density at radius 1 is 1.18 bits per heavy atom. The van der Waals surface area contributed by atoms with Crippen molar-refractivity contribution in [3.63, 3.8) is 0 Å². The number of guanidine groups is 1. The molecule has 6 heteroatoms. The van der Waals surface area contributed by atoms with Crippen molar-refractivity contribution in [1.29, 1.82) is 0 Å². The molecule has 2 rings (SSSR count). The molecule has 2 N–H and O–H groups in total. The van der Waals surface area contributed by atoms with Crippen molar-refractivity contribution in [3.8, 4) is 0 Å². The molecule has 0 fully saturated rings. The molecular weight excluding hydrogens is 341 g/mol. The van der Waals surface area contributed by atoms with E-state index in [-0.39, 0.29) is 12.4 Å². The van der Waals surface area contributed by atoms with Gasteiger partial charge in [-0.25, -0.2) is 4.99 Å². The highest BCUT2D eigenvalue weighted by molar-refractivity contribution is 6.43. The number of aliphatic imine (C=N–C) groups is 1. The molecule has 0 aliphatic carbocycles. The van der Waals surface area contributed by atoms with Crippen LogP contribution in [0.15, 0.2) is 47.5 Å². The van der Waals surface area contributed by atoms with Crippen LogP contribution >= 0.6 is 35.6 Å². The lowest BCUT2D eigenvalue weighted by molar-refractivity contribution is 1.13. The average molecular weight is 359 g/mol. The van der Waals surface area contributed by atoms with Crippen LogP contribution in [-0.2, 0) is 6.42 Å². The number of rotatable bonds is 3. The molecule has 0 saturated carbocycles. The molecule has 0 unspecified atom stereocenters. The Labute approximate surface area is 147 Å². The first kappa shape index (κ1) is 18.6. The molecular formula is C16H18Cl3N3. The molecule has 0 radical (unpaired) electrons. The van der Waals surface area contributed by atoms with Gasteiger partial charge in [0.1, 0.15) is 0 Å². The predicted octanol–water partition coefficient (Wildman–Crippen LogP) is 5.06. The standard InChI is InChI=1S/C16H17Cl2N3.ClH/c1-3-11-6-4-7-12(10-11)21(2)16(19)20-14-9-5-8-13(17)15(14)18;/h4-10H,3H2,1-2H3,(H2,19,20);1H. The highest BCUT2D eigenvalue weighted by Gasteiger charge is 2.08. The summed E-state index contributed by atoms with van der Waals surface area (Å²) in [6.07, 6.45) is 0.971. The van der Waals surface area contributed by atoms with E-state index in [2.05, 4.69) is 24.0 Å². The van der Waals surface area contributed by atoms with Crippen LogP contribution in [0.2, 0.25) is 10.0 Å². The van der Waals surface area contributed by atoms with Gasteiger partial charge in [-0.2, -0.15) is 0 Å². The smallest absolute Gasteiger partial charge is 0.200 e. The third kappa shape index (κ3) is 4.29. The highest BCUT2D eigenvalue weighted by atomic mass is 35.5. The number of hydrogen-bond donors (Lipinski definition) is 1. The van der Waals surface area contributed by atoms with Crippen molar-refractivity contribution in [2.45, 2.75) is 13.3 Å². The largest absolute Gasteiger partial charge is 0.369 e.